The molecule has 24 heavy (non-hydrogen) atoms. The minimum atomic E-state index is -0.0385. The van der Waals surface area contributed by atoms with Crippen LogP contribution in [0.5, 0.6) is 5.88 Å². The van der Waals surface area contributed by atoms with Gasteiger partial charge in [0.15, 0.2) is 0 Å². The molecule has 1 fully saturated rings. The van der Waals surface area contributed by atoms with E-state index < -0.39 is 0 Å². The maximum atomic E-state index is 12.2. The zero-order chi connectivity index (χ0) is 16.9. The lowest BCUT2D eigenvalue weighted by Gasteiger charge is -2.29. The summed E-state index contributed by atoms with van der Waals surface area (Å²) >= 11 is 0. The van der Waals surface area contributed by atoms with Gasteiger partial charge in [-0.05, 0) is 37.8 Å². The molecular weight excluding hydrogens is 306 g/mol. The summed E-state index contributed by atoms with van der Waals surface area (Å²) in [4.78, 5) is 16.7. The Morgan fingerprint density at radius 3 is 2.88 bits per heavy atom. The number of pyridine rings is 2. The van der Waals surface area contributed by atoms with Crippen molar-refractivity contribution in [2.75, 3.05) is 20.8 Å². The van der Waals surface area contributed by atoms with Crippen molar-refractivity contribution in [2.24, 2.45) is 0 Å². The molecule has 1 aliphatic carbocycles. The van der Waals surface area contributed by atoms with E-state index in [0.29, 0.717) is 30.2 Å². The van der Waals surface area contributed by atoms with E-state index in [0.717, 1.165) is 31.2 Å². The van der Waals surface area contributed by atoms with Crippen LogP contribution in [0.4, 0.5) is 0 Å². The lowest BCUT2D eigenvalue weighted by molar-refractivity contribution is 0.0588. The Morgan fingerprint density at radius 1 is 1.25 bits per heavy atom. The normalized spacial score (nSPS) is 21.1. The number of hydrogen-bond donors (Lipinski definition) is 1. The van der Waals surface area contributed by atoms with Gasteiger partial charge >= 0.3 is 0 Å². The number of hydrogen-bond acceptors (Lipinski definition) is 5. The highest BCUT2D eigenvalue weighted by molar-refractivity contribution is 5.75. The summed E-state index contributed by atoms with van der Waals surface area (Å²) in [5, 5.41) is 4.49. The van der Waals surface area contributed by atoms with Crippen molar-refractivity contribution < 1.29 is 9.47 Å². The van der Waals surface area contributed by atoms with E-state index in [-0.39, 0.29) is 5.56 Å². The highest BCUT2D eigenvalue weighted by Crippen LogP contribution is 2.20. The fourth-order valence-electron chi connectivity index (χ4n) is 3.40. The van der Waals surface area contributed by atoms with E-state index >= 15 is 0 Å². The van der Waals surface area contributed by atoms with Gasteiger partial charge in [0.1, 0.15) is 5.65 Å². The third-order valence-electron chi connectivity index (χ3n) is 4.74. The van der Waals surface area contributed by atoms with E-state index in [1.807, 2.05) is 12.1 Å². The van der Waals surface area contributed by atoms with Crippen molar-refractivity contribution in [3.63, 3.8) is 0 Å². The molecule has 0 bridgehead atoms. The number of nitrogens with zero attached hydrogens (tertiary/aromatic N) is 2. The number of nitrogens with one attached hydrogen (secondary N) is 1. The van der Waals surface area contributed by atoms with Gasteiger partial charge in [-0.2, -0.15) is 4.98 Å². The van der Waals surface area contributed by atoms with E-state index in [4.69, 9.17) is 9.47 Å². The van der Waals surface area contributed by atoms with Crippen molar-refractivity contribution in [1.82, 2.24) is 14.9 Å². The molecule has 2 heterocycles. The van der Waals surface area contributed by atoms with Crippen molar-refractivity contribution >= 4 is 11.0 Å². The Morgan fingerprint density at radius 2 is 2.08 bits per heavy atom. The van der Waals surface area contributed by atoms with E-state index in [1.54, 1.807) is 30.9 Å². The lowest BCUT2D eigenvalue weighted by Crippen LogP contribution is -2.39. The van der Waals surface area contributed by atoms with Gasteiger partial charge in [-0.1, -0.05) is 0 Å². The standard InChI is InChI=1S/C18H25N3O3/c1-23-15-5-3-4-14(12-15)19-10-11-21-17(22)9-7-13-6-8-16(24-2)20-18(13)21/h6-9,14-15,19H,3-5,10-12H2,1-2H3/t14-,15?/m0/s1. The molecule has 6 nitrogen and oxygen atoms in total. The summed E-state index contributed by atoms with van der Waals surface area (Å²) in [7, 11) is 3.36. The van der Waals surface area contributed by atoms with Crippen molar-refractivity contribution in [3.8, 4) is 5.88 Å². The second-order valence-electron chi connectivity index (χ2n) is 6.27. The predicted molar refractivity (Wildman–Crippen MR) is 93.6 cm³/mol. The summed E-state index contributed by atoms with van der Waals surface area (Å²) in [6.07, 6.45) is 4.87. The average molecular weight is 331 g/mol. The molecule has 0 amide bonds. The van der Waals surface area contributed by atoms with Crippen LogP contribution in [-0.2, 0) is 11.3 Å². The maximum absolute atomic E-state index is 12.2. The summed E-state index contributed by atoms with van der Waals surface area (Å²) in [5.74, 6) is 0.519. The summed E-state index contributed by atoms with van der Waals surface area (Å²) in [6.45, 7) is 1.32. The molecule has 2 aromatic heterocycles. The van der Waals surface area contributed by atoms with Crippen LogP contribution in [0.25, 0.3) is 11.0 Å². The van der Waals surface area contributed by atoms with Gasteiger partial charge in [0, 0.05) is 43.8 Å². The van der Waals surface area contributed by atoms with Crippen LogP contribution in [0.15, 0.2) is 29.1 Å². The Labute approximate surface area is 141 Å². The molecule has 2 aromatic rings. The first-order valence-electron chi connectivity index (χ1n) is 8.52. The van der Waals surface area contributed by atoms with Gasteiger partial charge < -0.3 is 14.8 Å². The molecule has 0 radical (unpaired) electrons. The second kappa shape index (κ2) is 7.77. The van der Waals surface area contributed by atoms with E-state index in [9.17, 15) is 4.79 Å². The summed E-state index contributed by atoms with van der Waals surface area (Å²) in [6, 6.07) is 7.59. The van der Waals surface area contributed by atoms with Gasteiger partial charge in [0.25, 0.3) is 5.56 Å². The molecule has 0 aromatic carbocycles. The number of rotatable bonds is 6. The molecular formula is C18H25N3O3. The van der Waals surface area contributed by atoms with Gasteiger partial charge in [0.05, 0.1) is 13.2 Å². The Hall–Kier alpha value is -1.92. The minimum absolute atomic E-state index is 0.0385. The summed E-state index contributed by atoms with van der Waals surface area (Å²) < 4.78 is 12.4. The van der Waals surface area contributed by atoms with Crippen molar-refractivity contribution in [3.05, 3.63) is 34.6 Å². The number of aromatic nitrogens is 2. The lowest BCUT2D eigenvalue weighted by atomic mass is 9.93. The van der Waals surface area contributed by atoms with Crippen LogP contribution < -0.4 is 15.6 Å². The monoisotopic (exact) mass is 331 g/mol. The van der Waals surface area contributed by atoms with Crippen LogP contribution in [0, 0.1) is 0 Å². The Balaban J connectivity index is 1.70. The minimum Gasteiger partial charge on any atom is -0.481 e. The van der Waals surface area contributed by atoms with Crippen LogP contribution in [-0.4, -0.2) is 42.5 Å². The smallest absolute Gasteiger partial charge is 0.252 e. The fraction of sp³-hybridized carbons (Fsp3) is 0.556. The molecule has 1 saturated carbocycles. The fourth-order valence-corrected chi connectivity index (χ4v) is 3.40. The van der Waals surface area contributed by atoms with Crippen LogP contribution in [0.3, 0.4) is 0 Å². The second-order valence-corrected chi connectivity index (χ2v) is 6.27. The van der Waals surface area contributed by atoms with Gasteiger partial charge in [-0.25, -0.2) is 0 Å². The van der Waals surface area contributed by atoms with Gasteiger partial charge in [-0.3, -0.25) is 9.36 Å². The van der Waals surface area contributed by atoms with Crippen molar-refractivity contribution in [1.29, 1.82) is 0 Å². The zero-order valence-corrected chi connectivity index (χ0v) is 14.3. The first-order chi connectivity index (χ1) is 11.7. The Kier molecular flexibility index (Phi) is 5.48. The average Bonchev–Trinajstić information content (AvgIpc) is 2.63. The first kappa shape index (κ1) is 16.9. The highest BCUT2D eigenvalue weighted by Gasteiger charge is 2.21. The van der Waals surface area contributed by atoms with Crippen LogP contribution >= 0.6 is 0 Å². The predicted octanol–water partition coefficient (Wildman–Crippen LogP) is 1.95. The number of ether oxygens (including phenoxy) is 2. The van der Waals surface area contributed by atoms with E-state index in [2.05, 4.69) is 10.3 Å². The molecule has 130 valence electrons. The molecule has 3 rings (SSSR count). The third kappa shape index (κ3) is 3.76. The molecule has 0 saturated heterocycles. The number of methoxy groups -OCH3 is 2. The zero-order valence-electron chi connectivity index (χ0n) is 14.3. The molecule has 0 aliphatic heterocycles. The van der Waals surface area contributed by atoms with E-state index in [1.165, 1.54) is 6.42 Å². The largest absolute Gasteiger partial charge is 0.481 e. The SMILES string of the molecule is COc1ccc2ccc(=O)n(CCN[C@H]3CCCC(OC)C3)c2n1. The third-order valence-corrected chi connectivity index (χ3v) is 4.74. The Bertz CT molecular complexity index is 744. The van der Waals surface area contributed by atoms with Gasteiger partial charge in [-0.15, -0.1) is 0 Å². The first-order valence-corrected chi connectivity index (χ1v) is 8.52. The molecule has 2 atom stereocenters. The maximum Gasteiger partial charge on any atom is 0.252 e. The molecule has 1 N–H and O–H groups in total. The summed E-state index contributed by atoms with van der Waals surface area (Å²) in [5.41, 5.74) is 0.630. The molecule has 0 spiro atoms. The quantitative estimate of drug-likeness (QED) is 0.876. The van der Waals surface area contributed by atoms with Crippen LogP contribution in [0.1, 0.15) is 25.7 Å². The van der Waals surface area contributed by atoms with Crippen molar-refractivity contribution in [2.45, 2.75) is 44.4 Å². The topological polar surface area (TPSA) is 65.4 Å². The molecule has 1 unspecified atom stereocenters. The molecule has 6 heteroatoms. The molecule has 1 aliphatic rings. The van der Waals surface area contributed by atoms with Crippen LogP contribution in [0.2, 0.25) is 0 Å². The van der Waals surface area contributed by atoms with Gasteiger partial charge in [0.2, 0.25) is 5.88 Å². The number of fused-ring (bicyclic) bond motifs is 1. The highest BCUT2D eigenvalue weighted by atomic mass is 16.5.